The zero-order valence-electron chi connectivity index (χ0n) is 11.7. The molecule has 1 amide bonds. The fraction of sp³-hybridized carbons (Fsp3) is 0.385. The van der Waals surface area contributed by atoms with E-state index in [9.17, 15) is 19.7 Å². The van der Waals surface area contributed by atoms with Crippen LogP contribution in [0.15, 0.2) is 24.3 Å². The summed E-state index contributed by atoms with van der Waals surface area (Å²) in [5.41, 5.74) is -0.257. The first-order chi connectivity index (χ1) is 10.5. The Bertz CT molecular complexity index is 548. The molecule has 9 heteroatoms. The predicted molar refractivity (Wildman–Crippen MR) is 77.5 cm³/mol. The third-order valence-electron chi connectivity index (χ3n) is 2.79. The number of carbonyl (C=O) groups is 2. The monoisotopic (exact) mass is 311 g/mol. The molecule has 0 aliphatic rings. The van der Waals surface area contributed by atoms with Crippen LogP contribution in [0.5, 0.6) is 0 Å². The minimum Gasteiger partial charge on any atom is -0.480 e. The van der Waals surface area contributed by atoms with Gasteiger partial charge in [-0.3, -0.25) is 19.7 Å². The Balaban J connectivity index is 2.68. The van der Waals surface area contributed by atoms with E-state index < -0.39 is 22.8 Å². The van der Waals surface area contributed by atoms with E-state index in [4.69, 9.17) is 10.2 Å². The van der Waals surface area contributed by atoms with Crippen LogP contribution < -0.4 is 10.6 Å². The average molecular weight is 311 g/mol. The number of carboxylic acid groups (broad SMARTS) is 1. The maximum Gasteiger partial charge on any atom is 0.321 e. The highest BCUT2D eigenvalue weighted by molar-refractivity contribution is 5.95. The molecule has 0 heterocycles. The highest BCUT2D eigenvalue weighted by Crippen LogP contribution is 2.23. The van der Waals surface area contributed by atoms with Gasteiger partial charge < -0.3 is 20.8 Å². The van der Waals surface area contributed by atoms with E-state index >= 15 is 0 Å². The number of nitrogens with one attached hydrogen (secondary N) is 2. The fourth-order valence-corrected chi connectivity index (χ4v) is 1.73. The first-order valence-corrected chi connectivity index (χ1v) is 6.56. The van der Waals surface area contributed by atoms with Gasteiger partial charge in [0.1, 0.15) is 11.7 Å². The number of aliphatic hydroxyl groups is 1. The SMILES string of the molecule is O=C(CC(NCCCO)C(=O)O)Nc1ccccc1[N+](=O)[O-]. The van der Waals surface area contributed by atoms with E-state index in [0.29, 0.717) is 6.42 Å². The third-order valence-corrected chi connectivity index (χ3v) is 2.79. The fourth-order valence-electron chi connectivity index (χ4n) is 1.73. The Morgan fingerprint density at radius 3 is 2.59 bits per heavy atom. The van der Waals surface area contributed by atoms with Gasteiger partial charge in [-0.25, -0.2) is 0 Å². The molecule has 0 saturated carbocycles. The van der Waals surface area contributed by atoms with E-state index in [1.54, 1.807) is 0 Å². The molecule has 0 bridgehead atoms. The van der Waals surface area contributed by atoms with Crippen LogP contribution >= 0.6 is 0 Å². The number of aliphatic hydroxyl groups excluding tert-OH is 1. The lowest BCUT2D eigenvalue weighted by molar-refractivity contribution is -0.383. The number of nitro benzene ring substituents is 1. The van der Waals surface area contributed by atoms with E-state index in [0.717, 1.165) is 0 Å². The zero-order chi connectivity index (χ0) is 16.5. The Hall–Kier alpha value is -2.52. The molecule has 0 aliphatic heterocycles. The maximum absolute atomic E-state index is 11.8. The Labute approximate surface area is 126 Å². The number of hydrogen-bond donors (Lipinski definition) is 4. The van der Waals surface area contributed by atoms with Crippen LogP contribution in [-0.2, 0) is 9.59 Å². The summed E-state index contributed by atoms with van der Waals surface area (Å²) >= 11 is 0. The first-order valence-electron chi connectivity index (χ1n) is 6.56. The van der Waals surface area contributed by atoms with Gasteiger partial charge in [0.25, 0.3) is 5.69 Å². The predicted octanol–water partition coefficient (Wildman–Crippen LogP) is 0.349. The average Bonchev–Trinajstić information content (AvgIpc) is 2.46. The minimum absolute atomic E-state index is 0.0111. The first kappa shape index (κ1) is 17.5. The van der Waals surface area contributed by atoms with Crippen molar-refractivity contribution >= 4 is 23.3 Å². The molecule has 120 valence electrons. The Morgan fingerprint density at radius 2 is 2.00 bits per heavy atom. The van der Waals surface area contributed by atoms with Crippen molar-refractivity contribution < 1.29 is 24.7 Å². The van der Waals surface area contributed by atoms with Crippen molar-refractivity contribution in [3.63, 3.8) is 0 Å². The standard InChI is InChI=1S/C13H17N3O6/c17-7-3-6-14-10(13(19)20)8-12(18)15-9-4-1-2-5-11(9)16(21)22/h1-2,4-5,10,14,17H,3,6-8H2,(H,15,18)(H,19,20). The van der Waals surface area contributed by atoms with Crippen molar-refractivity contribution in [2.24, 2.45) is 0 Å². The number of para-hydroxylation sites is 2. The number of benzene rings is 1. The lowest BCUT2D eigenvalue weighted by atomic mass is 10.2. The number of aliphatic carboxylic acids is 1. The largest absolute Gasteiger partial charge is 0.480 e. The lowest BCUT2D eigenvalue weighted by Gasteiger charge is -2.14. The number of nitro groups is 1. The molecule has 1 unspecified atom stereocenters. The number of hydrogen-bond acceptors (Lipinski definition) is 6. The molecule has 9 nitrogen and oxygen atoms in total. The second-order valence-corrected chi connectivity index (χ2v) is 4.45. The third kappa shape index (κ3) is 5.46. The molecule has 0 spiro atoms. The minimum atomic E-state index is -1.21. The van der Waals surface area contributed by atoms with Crippen LogP contribution in [0.1, 0.15) is 12.8 Å². The molecule has 1 rings (SSSR count). The summed E-state index contributed by atoms with van der Waals surface area (Å²) in [6, 6.07) is 4.46. The molecule has 0 radical (unpaired) electrons. The second-order valence-electron chi connectivity index (χ2n) is 4.45. The van der Waals surface area contributed by atoms with Crippen molar-refractivity contribution in [2.75, 3.05) is 18.5 Å². The normalized spacial score (nSPS) is 11.7. The van der Waals surface area contributed by atoms with Crippen LogP contribution in [-0.4, -0.2) is 46.2 Å². The summed E-state index contributed by atoms with van der Waals surface area (Å²) < 4.78 is 0. The van der Waals surface area contributed by atoms with Gasteiger partial charge in [-0.15, -0.1) is 0 Å². The molecule has 0 aromatic heterocycles. The van der Waals surface area contributed by atoms with Gasteiger partial charge in [-0.1, -0.05) is 12.1 Å². The van der Waals surface area contributed by atoms with Gasteiger partial charge in [0.05, 0.1) is 11.3 Å². The molecule has 1 aromatic rings. The molecular weight excluding hydrogens is 294 g/mol. The smallest absolute Gasteiger partial charge is 0.321 e. The maximum atomic E-state index is 11.8. The van der Waals surface area contributed by atoms with Crippen molar-refractivity contribution in [1.29, 1.82) is 0 Å². The van der Waals surface area contributed by atoms with Crippen LogP contribution in [0, 0.1) is 10.1 Å². The topological polar surface area (TPSA) is 142 Å². The molecular formula is C13H17N3O6. The molecule has 0 aliphatic carbocycles. The van der Waals surface area contributed by atoms with Crippen LogP contribution in [0.4, 0.5) is 11.4 Å². The highest BCUT2D eigenvalue weighted by Gasteiger charge is 2.22. The highest BCUT2D eigenvalue weighted by atomic mass is 16.6. The van der Waals surface area contributed by atoms with Crippen LogP contribution in [0.3, 0.4) is 0 Å². The summed E-state index contributed by atoms with van der Waals surface area (Å²) in [6.07, 6.45) is -0.0254. The van der Waals surface area contributed by atoms with E-state index in [1.165, 1.54) is 24.3 Å². The Kier molecular flexibility index (Phi) is 6.93. The summed E-state index contributed by atoms with van der Waals surface area (Å²) in [5, 5.41) is 33.5. The molecule has 0 saturated heterocycles. The van der Waals surface area contributed by atoms with Crippen LogP contribution in [0.25, 0.3) is 0 Å². The van der Waals surface area contributed by atoms with Crippen LogP contribution in [0.2, 0.25) is 0 Å². The number of carbonyl (C=O) groups excluding carboxylic acids is 1. The summed E-state index contributed by atoms with van der Waals surface area (Å²) in [5.74, 6) is -1.87. The van der Waals surface area contributed by atoms with Crippen molar-refractivity contribution in [3.05, 3.63) is 34.4 Å². The second kappa shape index (κ2) is 8.70. The molecule has 0 fully saturated rings. The quantitative estimate of drug-likeness (QED) is 0.293. The number of carboxylic acids is 1. The molecule has 1 aromatic carbocycles. The van der Waals surface area contributed by atoms with Crippen molar-refractivity contribution in [2.45, 2.75) is 18.9 Å². The summed E-state index contributed by atoms with van der Waals surface area (Å²) in [4.78, 5) is 33.1. The number of rotatable bonds is 9. The van der Waals surface area contributed by atoms with E-state index in [1.807, 2.05) is 0 Å². The van der Waals surface area contributed by atoms with Gasteiger partial charge in [-0.05, 0) is 19.0 Å². The molecule has 4 N–H and O–H groups in total. The van der Waals surface area contributed by atoms with Gasteiger partial charge in [-0.2, -0.15) is 0 Å². The number of nitrogens with zero attached hydrogens (tertiary/aromatic N) is 1. The summed E-state index contributed by atoms with van der Waals surface area (Å²) in [7, 11) is 0. The zero-order valence-corrected chi connectivity index (χ0v) is 11.7. The molecule has 1 atom stereocenters. The lowest BCUT2D eigenvalue weighted by Crippen LogP contribution is -2.40. The number of amides is 1. The van der Waals surface area contributed by atoms with E-state index in [2.05, 4.69) is 10.6 Å². The van der Waals surface area contributed by atoms with Gasteiger partial charge in [0.15, 0.2) is 0 Å². The number of anilines is 1. The van der Waals surface area contributed by atoms with Gasteiger partial charge in [0, 0.05) is 12.7 Å². The van der Waals surface area contributed by atoms with Crippen molar-refractivity contribution in [3.8, 4) is 0 Å². The van der Waals surface area contributed by atoms with E-state index in [-0.39, 0.29) is 30.9 Å². The summed E-state index contributed by atoms with van der Waals surface area (Å²) in [6.45, 7) is 0.147. The molecule has 22 heavy (non-hydrogen) atoms. The van der Waals surface area contributed by atoms with Gasteiger partial charge >= 0.3 is 5.97 Å². The van der Waals surface area contributed by atoms with Gasteiger partial charge in [0.2, 0.25) is 5.91 Å². The Morgan fingerprint density at radius 1 is 1.32 bits per heavy atom. The van der Waals surface area contributed by atoms with Crippen molar-refractivity contribution in [1.82, 2.24) is 5.32 Å².